The predicted molar refractivity (Wildman–Crippen MR) is 127 cm³/mol. The fourth-order valence-electron chi connectivity index (χ4n) is 5.25. The fraction of sp³-hybridized carbons (Fsp3) is 0.333. The van der Waals surface area contributed by atoms with Gasteiger partial charge in [-0.05, 0) is 52.4 Å². The molecule has 0 saturated carbocycles. The van der Waals surface area contributed by atoms with Crippen LogP contribution in [0.5, 0.6) is 0 Å². The van der Waals surface area contributed by atoms with Gasteiger partial charge in [-0.3, -0.25) is 4.90 Å². The van der Waals surface area contributed by atoms with Gasteiger partial charge in [0.15, 0.2) is 5.82 Å². The van der Waals surface area contributed by atoms with Crippen LogP contribution in [-0.4, -0.2) is 39.5 Å². The second-order valence-corrected chi connectivity index (χ2v) is 9.53. The molecule has 0 spiro atoms. The van der Waals surface area contributed by atoms with Crippen LogP contribution in [0.2, 0.25) is 5.28 Å². The summed E-state index contributed by atoms with van der Waals surface area (Å²) in [5.41, 5.74) is 1.29. The van der Waals surface area contributed by atoms with Gasteiger partial charge >= 0.3 is 0 Å². The Labute approximate surface area is 199 Å². The summed E-state index contributed by atoms with van der Waals surface area (Å²) in [5.74, 6) is -0.973. The number of nitrogens with zero attached hydrogens (tertiary/aromatic N) is 4. The van der Waals surface area contributed by atoms with E-state index in [4.69, 9.17) is 11.6 Å². The molecule has 166 valence electrons. The smallest absolute Gasteiger partial charge is 0.225 e. The van der Waals surface area contributed by atoms with Crippen LogP contribution in [0.4, 0.5) is 14.6 Å². The molecule has 2 fully saturated rings. The SMILES string of the molecule is C=CC[C@H]1C2CC[C@@H](CN1c1nc(Cl)nc3c(F)cc(F)c(Br)c13)N2Cc1ccccc1. The van der Waals surface area contributed by atoms with E-state index in [1.807, 2.05) is 12.1 Å². The number of rotatable bonds is 5. The summed E-state index contributed by atoms with van der Waals surface area (Å²) in [6.07, 6.45) is 4.73. The predicted octanol–water partition coefficient (Wildman–Crippen LogP) is 6.12. The Kier molecular flexibility index (Phi) is 5.90. The molecule has 1 unspecified atom stereocenters. The van der Waals surface area contributed by atoms with Crippen molar-refractivity contribution >= 4 is 44.3 Å². The summed E-state index contributed by atoms with van der Waals surface area (Å²) in [7, 11) is 0. The normalized spacial score (nSPS) is 23.1. The molecule has 3 heterocycles. The maximum Gasteiger partial charge on any atom is 0.225 e. The molecule has 2 bridgehead atoms. The van der Waals surface area contributed by atoms with Crippen molar-refractivity contribution in [2.45, 2.75) is 43.9 Å². The average Bonchev–Trinajstić information content (AvgIpc) is 3.06. The third-order valence-electron chi connectivity index (χ3n) is 6.60. The van der Waals surface area contributed by atoms with E-state index in [1.54, 1.807) is 0 Å². The Balaban J connectivity index is 1.59. The molecule has 3 aromatic rings. The number of benzene rings is 2. The van der Waals surface area contributed by atoms with Crippen LogP contribution in [0.25, 0.3) is 10.9 Å². The average molecular weight is 520 g/mol. The van der Waals surface area contributed by atoms with E-state index in [0.717, 1.165) is 31.9 Å². The van der Waals surface area contributed by atoms with Crippen LogP contribution in [-0.2, 0) is 6.54 Å². The van der Waals surface area contributed by atoms with E-state index in [0.29, 0.717) is 23.8 Å². The Hall–Kier alpha value is -2.09. The van der Waals surface area contributed by atoms with Gasteiger partial charge in [0.05, 0.1) is 9.86 Å². The molecule has 0 amide bonds. The van der Waals surface area contributed by atoms with Crippen LogP contribution in [0.1, 0.15) is 24.8 Å². The zero-order valence-corrected chi connectivity index (χ0v) is 19.7. The second kappa shape index (κ2) is 8.69. The lowest BCUT2D eigenvalue weighted by Crippen LogP contribution is -2.59. The maximum absolute atomic E-state index is 14.6. The number of fused-ring (bicyclic) bond motifs is 3. The van der Waals surface area contributed by atoms with E-state index in [9.17, 15) is 8.78 Å². The molecule has 2 aromatic carbocycles. The molecular formula is C24H22BrClF2N4. The van der Waals surface area contributed by atoms with Gasteiger partial charge in [-0.15, -0.1) is 6.58 Å². The van der Waals surface area contributed by atoms with E-state index < -0.39 is 11.6 Å². The third-order valence-corrected chi connectivity index (χ3v) is 7.55. The first-order chi connectivity index (χ1) is 15.5. The van der Waals surface area contributed by atoms with E-state index in [1.165, 1.54) is 5.56 Å². The Morgan fingerprint density at radius 1 is 1.16 bits per heavy atom. The van der Waals surface area contributed by atoms with Crippen LogP contribution in [0, 0.1) is 11.6 Å². The molecule has 32 heavy (non-hydrogen) atoms. The van der Waals surface area contributed by atoms with Crippen molar-refractivity contribution < 1.29 is 8.78 Å². The van der Waals surface area contributed by atoms with Crippen molar-refractivity contribution in [1.82, 2.24) is 14.9 Å². The van der Waals surface area contributed by atoms with Gasteiger partial charge < -0.3 is 4.90 Å². The number of hydrogen-bond acceptors (Lipinski definition) is 4. The lowest BCUT2D eigenvalue weighted by Gasteiger charge is -2.47. The summed E-state index contributed by atoms with van der Waals surface area (Å²) in [6.45, 7) is 5.53. The molecule has 0 radical (unpaired) electrons. The first-order valence-corrected chi connectivity index (χ1v) is 11.8. The standard InChI is InChI=1S/C24H22BrClF2N4/c1-2-6-18-19-10-9-15(31(19)12-14-7-4-3-5-8-14)13-32(18)23-20-21(25)16(27)11-17(28)22(20)29-24(26)30-23/h2-5,7-8,11,15,18-19H,1,6,9-10,12-13H2/t15-,18-,19?/m0/s1. The van der Waals surface area contributed by atoms with Crippen molar-refractivity contribution in [3.8, 4) is 0 Å². The van der Waals surface area contributed by atoms with E-state index in [-0.39, 0.29) is 27.4 Å². The fourth-order valence-corrected chi connectivity index (χ4v) is 5.90. The third kappa shape index (κ3) is 3.70. The highest BCUT2D eigenvalue weighted by molar-refractivity contribution is 9.10. The zero-order chi connectivity index (χ0) is 22.4. The quantitative estimate of drug-likeness (QED) is 0.231. The summed E-state index contributed by atoms with van der Waals surface area (Å²) in [6, 6.07) is 11.9. The molecule has 2 aliphatic heterocycles. The lowest BCUT2D eigenvalue weighted by molar-refractivity contribution is 0.128. The minimum Gasteiger partial charge on any atom is -0.349 e. The molecule has 5 rings (SSSR count). The summed E-state index contributed by atoms with van der Waals surface area (Å²) < 4.78 is 29.2. The van der Waals surface area contributed by atoms with Crippen LogP contribution < -0.4 is 4.90 Å². The van der Waals surface area contributed by atoms with Crippen molar-refractivity contribution in [2.75, 3.05) is 11.4 Å². The van der Waals surface area contributed by atoms with Gasteiger partial charge in [0.2, 0.25) is 5.28 Å². The molecule has 2 saturated heterocycles. The molecule has 0 N–H and O–H groups in total. The zero-order valence-electron chi connectivity index (χ0n) is 17.3. The number of hydrogen-bond donors (Lipinski definition) is 0. The van der Waals surface area contributed by atoms with Crippen molar-refractivity contribution in [1.29, 1.82) is 0 Å². The Morgan fingerprint density at radius 3 is 2.69 bits per heavy atom. The first kappa shape index (κ1) is 21.7. The van der Waals surface area contributed by atoms with Gasteiger partial charge in [0.25, 0.3) is 0 Å². The molecule has 1 aromatic heterocycles. The monoisotopic (exact) mass is 518 g/mol. The topological polar surface area (TPSA) is 32.3 Å². The van der Waals surface area contributed by atoms with Gasteiger partial charge in [0.1, 0.15) is 17.2 Å². The largest absolute Gasteiger partial charge is 0.349 e. The van der Waals surface area contributed by atoms with Crippen molar-refractivity contribution in [3.05, 3.63) is 76.0 Å². The molecular weight excluding hydrogens is 498 g/mol. The number of anilines is 1. The molecule has 3 atom stereocenters. The maximum atomic E-state index is 14.6. The number of halogens is 4. The highest BCUT2D eigenvalue weighted by Gasteiger charge is 2.46. The number of aromatic nitrogens is 2. The lowest BCUT2D eigenvalue weighted by atomic mass is 9.98. The Morgan fingerprint density at radius 2 is 1.94 bits per heavy atom. The highest BCUT2D eigenvalue weighted by atomic mass is 79.9. The van der Waals surface area contributed by atoms with Crippen molar-refractivity contribution in [2.24, 2.45) is 0 Å². The summed E-state index contributed by atoms with van der Waals surface area (Å²) >= 11 is 9.50. The van der Waals surface area contributed by atoms with Gasteiger partial charge in [-0.25, -0.2) is 13.8 Å². The molecule has 4 nitrogen and oxygen atoms in total. The molecule has 0 aliphatic carbocycles. The van der Waals surface area contributed by atoms with E-state index >= 15 is 0 Å². The highest BCUT2D eigenvalue weighted by Crippen LogP contribution is 2.42. The second-order valence-electron chi connectivity index (χ2n) is 8.39. The van der Waals surface area contributed by atoms with Crippen LogP contribution in [0.3, 0.4) is 0 Å². The summed E-state index contributed by atoms with van der Waals surface area (Å²) in [5, 5.41) is 0.262. The number of piperazine rings is 1. The Bertz CT molecular complexity index is 1180. The van der Waals surface area contributed by atoms with Gasteiger partial charge in [0, 0.05) is 37.3 Å². The minimum atomic E-state index is -0.753. The summed E-state index contributed by atoms with van der Waals surface area (Å²) in [4.78, 5) is 13.2. The van der Waals surface area contributed by atoms with Crippen LogP contribution in [0.15, 0.2) is 53.5 Å². The van der Waals surface area contributed by atoms with Gasteiger partial charge in [-0.1, -0.05) is 36.4 Å². The van der Waals surface area contributed by atoms with Gasteiger partial charge in [-0.2, -0.15) is 4.98 Å². The molecule has 8 heteroatoms. The van der Waals surface area contributed by atoms with E-state index in [2.05, 4.69) is 66.5 Å². The molecule has 2 aliphatic rings. The minimum absolute atomic E-state index is 0.0182. The van der Waals surface area contributed by atoms with Crippen LogP contribution >= 0.6 is 27.5 Å². The first-order valence-electron chi connectivity index (χ1n) is 10.7. The van der Waals surface area contributed by atoms with Crippen molar-refractivity contribution in [3.63, 3.8) is 0 Å².